The van der Waals surface area contributed by atoms with Crippen molar-refractivity contribution in [3.63, 3.8) is 0 Å². The molecular weight excluding hydrogens is 573 g/mol. The molecule has 5 atom stereocenters. The molecule has 2 fully saturated rings. The van der Waals surface area contributed by atoms with Gasteiger partial charge in [-0.1, -0.05) is 78.9 Å². The second-order valence-electron chi connectivity index (χ2n) is 11.3. The number of fused-ring (bicyclic) bond motifs is 1. The highest BCUT2D eigenvalue weighted by Crippen LogP contribution is 2.32. The van der Waals surface area contributed by atoms with Crippen LogP contribution >= 0.6 is 0 Å². The van der Waals surface area contributed by atoms with Gasteiger partial charge >= 0.3 is 6.18 Å². The molecule has 5 rings (SSSR count). The van der Waals surface area contributed by atoms with E-state index in [1.807, 2.05) is 24.3 Å². The van der Waals surface area contributed by atoms with Crippen LogP contribution in [0, 0.1) is 0 Å². The summed E-state index contributed by atoms with van der Waals surface area (Å²) in [7, 11) is 0. The SMILES string of the molecule is O=C1N[C@@H](Cc2ccccc2)C(O)N[C@H](Cc2ccccc2C(F)(F)F)C(=O)N[C@@H](Cc2ccccc2)C(=O)N2CCC[C@H]12. The van der Waals surface area contributed by atoms with E-state index in [9.17, 15) is 32.7 Å². The summed E-state index contributed by atoms with van der Waals surface area (Å²) >= 11 is 0. The quantitative estimate of drug-likeness (QED) is 0.344. The lowest BCUT2D eigenvalue weighted by atomic mass is 9.97. The standard InChI is InChI=1S/C33H35F3N4O4/c34-33(35,36)24-15-8-7-14-23(24)20-26-30(42)39-27(19-22-12-5-2-6-13-22)32(44)40-17-9-16-28(40)31(43)38-25(29(41)37-26)18-21-10-3-1-4-11-21/h1-8,10-15,25-29,37,41H,9,16-20H2,(H,38,43)(H,39,42)/t25-,26+,27-,28+,29?/m0/s1. The van der Waals surface area contributed by atoms with Gasteiger partial charge in [0.05, 0.1) is 17.6 Å². The smallest absolute Gasteiger partial charge is 0.376 e. The third-order valence-electron chi connectivity index (χ3n) is 8.18. The van der Waals surface area contributed by atoms with Crippen LogP contribution in [0.15, 0.2) is 84.9 Å². The first-order chi connectivity index (χ1) is 21.1. The summed E-state index contributed by atoms with van der Waals surface area (Å²) < 4.78 is 41.7. The molecule has 2 saturated heterocycles. The fraction of sp³-hybridized carbons (Fsp3) is 0.364. The van der Waals surface area contributed by atoms with E-state index < -0.39 is 66.3 Å². The van der Waals surface area contributed by atoms with Crippen molar-refractivity contribution in [2.75, 3.05) is 6.54 Å². The monoisotopic (exact) mass is 608 g/mol. The summed E-state index contributed by atoms with van der Waals surface area (Å²) in [5.41, 5.74) is 0.493. The average Bonchev–Trinajstić information content (AvgIpc) is 3.50. The molecule has 4 N–H and O–H groups in total. The number of amides is 3. The largest absolute Gasteiger partial charge is 0.416 e. The summed E-state index contributed by atoms with van der Waals surface area (Å²) in [6.45, 7) is 0.310. The van der Waals surface area contributed by atoms with E-state index in [1.165, 1.54) is 23.1 Å². The molecule has 44 heavy (non-hydrogen) atoms. The average molecular weight is 609 g/mol. The Kier molecular flexibility index (Phi) is 9.65. The molecule has 3 amide bonds. The maximum atomic E-state index is 13.9. The molecule has 2 aliphatic rings. The van der Waals surface area contributed by atoms with Crippen LogP contribution in [0.2, 0.25) is 0 Å². The zero-order chi connectivity index (χ0) is 31.3. The summed E-state index contributed by atoms with van der Waals surface area (Å²) in [5, 5.41) is 19.8. The highest BCUT2D eigenvalue weighted by atomic mass is 19.4. The van der Waals surface area contributed by atoms with Crippen LogP contribution in [-0.4, -0.2) is 64.7 Å². The van der Waals surface area contributed by atoms with E-state index in [2.05, 4.69) is 16.0 Å². The van der Waals surface area contributed by atoms with E-state index in [4.69, 9.17) is 0 Å². The number of aliphatic hydroxyl groups excluding tert-OH is 1. The summed E-state index contributed by atoms with van der Waals surface area (Å²) in [6.07, 6.45) is -5.32. The van der Waals surface area contributed by atoms with Crippen molar-refractivity contribution < 1.29 is 32.7 Å². The maximum Gasteiger partial charge on any atom is 0.416 e. The van der Waals surface area contributed by atoms with Crippen LogP contribution in [0.4, 0.5) is 13.2 Å². The molecule has 0 radical (unpaired) electrons. The third-order valence-corrected chi connectivity index (χ3v) is 8.18. The van der Waals surface area contributed by atoms with Gasteiger partial charge in [-0.25, -0.2) is 0 Å². The molecular formula is C33H35F3N4O4. The number of aliphatic hydroxyl groups is 1. The highest BCUT2D eigenvalue weighted by Gasteiger charge is 2.41. The van der Waals surface area contributed by atoms with Crippen molar-refractivity contribution in [3.05, 3.63) is 107 Å². The van der Waals surface area contributed by atoms with Gasteiger partial charge in [0.25, 0.3) is 0 Å². The van der Waals surface area contributed by atoms with E-state index >= 15 is 0 Å². The van der Waals surface area contributed by atoms with Gasteiger partial charge in [0.2, 0.25) is 17.7 Å². The number of alkyl halides is 3. The number of nitrogens with zero attached hydrogens (tertiary/aromatic N) is 1. The lowest BCUT2D eigenvalue weighted by Crippen LogP contribution is -2.63. The maximum absolute atomic E-state index is 13.9. The van der Waals surface area contributed by atoms with Crippen molar-refractivity contribution in [2.45, 2.75) is 68.7 Å². The van der Waals surface area contributed by atoms with Crippen LogP contribution in [0.5, 0.6) is 0 Å². The molecule has 0 saturated carbocycles. The predicted octanol–water partition coefficient (Wildman–Crippen LogP) is 2.98. The van der Waals surface area contributed by atoms with Gasteiger partial charge < -0.3 is 20.6 Å². The molecule has 0 aliphatic carbocycles. The predicted molar refractivity (Wildman–Crippen MR) is 157 cm³/mol. The van der Waals surface area contributed by atoms with Crippen molar-refractivity contribution in [2.24, 2.45) is 0 Å². The lowest BCUT2D eigenvalue weighted by Gasteiger charge is -2.35. The minimum atomic E-state index is -4.67. The van der Waals surface area contributed by atoms with E-state index in [1.54, 1.807) is 36.4 Å². The first-order valence-electron chi connectivity index (χ1n) is 14.7. The molecule has 3 aromatic carbocycles. The van der Waals surface area contributed by atoms with Gasteiger partial charge in [0.1, 0.15) is 18.3 Å². The number of carbonyl (C=O) groups excluding carboxylic acids is 3. The Morgan fingerprint density at radius 2 is 1.36 bits per heavy atom. The Morgan fingerprint density at radius 3 is 2.02 bits per heavy atom. The number of carbonyl (C=O) groups is 3. The molecule has 0 spiro atoms. The zero-order valence-corrected chi connectivity index (χ0v) is 24.0. The number of benzene rings is 3. The minimum absolute atomic E-state index is 0.112. The van der Waals surface area contributed by atoms with E-state index in [0.717, 1.165) is 17.2 Å². The summed E-state index contributed by atoms with van der Waals surface area (Å²) in [5.74, 6) is -1.63. The van der Waals surface area contributed by atoms with Crippen molar-refractivity contribution in [3.8, 4) is 0 Å². The summed E-state index contributed by atoms with van der Waals surface area (Å²) in [6, 6.07) is 18.8. The number of hydrogen-bond donors (Lipinski definition) is 4. The molecule has 1 unspecified atom stereocenters. The minimum Gasteiger partial charge on any atom is -0.376 e. The van der Waals surface area contributed by atoms with Crippen LogP contribution in [0.25, 0.3) is 0 Å². The molecule has 2 aliphatic heterocycles. The lowest BCUT2D eigenvalue weighted by molar-refractivity contribution is -0.143. The molecule has 3 aromatic rings. The van der Waals surface area contributed by atoms with Gasteiger partial charge in [0, 0.05) is 13.0 Å². The van der Waals surface area contributed by atoms with Gasteiger partial charge in [-0.15, -0.1) is 0 Å². The normalized spacial score (nSPS) is 25.0. The highest BCUT2D eigenvalue weighted by molar-refractivity contribution is 5.94. The molecule has 0 aromatic heterocycles. The second-order valence-corrected chi connectivity index (χ2v) is 11.3. The van der Waals surface area contributed by atoms with Gasteiger partial charge in [-0.05, 0) is 48.4 Å². The molecule has 8 nitrogen and oxygen atoms in total. The Bertz CT molecular complexity index is 1450. The fourth-order valence-electron chi connectivity index (χ4n) is 5.96. The Hall–Kier alpha value is -4.22. The number of halogens is 3. The Balaban J connectivity index is 1.52. The first kappa shape index (κ1) is 31.2. The van der Waals surface area contributed by atoms with E-state index in [-0.39, 0.29) is 18.4 Å². The summed E-state index contributed by atoms with van der Waals surface area (Å²) in [4.78, 5) is 42.9. The number of nitrogens with one attached hydrogen (secondary N) is 3. The van der Waals surface area contributed by atoms with Crippen LogP contribution in [-0.2, 0) is 39.8 Å². The number of hydrogen-bond acceptors (Lipinski definition) is 5. The third kappa shape index (κ3) is 7.46. The van der Waals surface area contributed by atoms with Crippen molar-refractivity contribution >= 4 is 17.7 Å². The Morgan fingerprint density at radius 1 is 0.750 bits per heavy atom. The van der Waals surface area contributed by atoms with E-state index in [0.29, 0.717) is 19.4 Å². The Labute approximate surface area is 253 Å². The van der Waals surface area contributed by atoms with Crippen LogP contribution in [0.1, 0.15) is 35.1 Å². The van der Waals surface area contributed by atoms with Gasteiger partial charge in [-0.2, -0.15) is 13.2 Å². The molecule has 11 heteroatoms. The van der Waals surface area contributed by atoms with Crippen molar-refractivity contribution in [1.29, 1.82) is 0 Å². The van der Waals surface area contributed by atoms with Gasteiger partial charge in [0.15, 0.2) is 0 Å². The van der Waals surface area contributed by atoms with Crippen LogP contribution < -0.4 is 16.0 Å². The zero-order valence-electron chi connectivity index (χ0n) is 24.0. The van der Waals surface area contributed by atoms with Gasteiger partial charge in [-0.3, -0.25) is 19.7 Å². The van der Waals surface area contributed by atoms with Crippen LogP contribution in [0.3, 0.4) is 0 Å². The first-order valence-corrected chi connectivity index (χ1v) is 14.7. The molecule has 232 valence electrons. The molecule has 2 heterocycles. The van der Waals surface area contributed by atoms with Crippen molar-refractivity contribution in [1.82, 2.24) is 20.9 Å². The second kappa shape index (κ2) is 13.6. The topological polar surface area (TPSA) is 111 Å². The fourth-order valence-corrected chi connectivity index (χ4v) is 5.96. The molecule has 0 bridgehead atoms. The number of rotatable bonds is 6.